The summed E-state index contributed by atoms with van der Waals surface area (Å²) >= 11 is 0. The van der Waals surface area contributed by atoms with Crippen LogP contribution in [0.15, 0.2) is 0 Å². The van der Waals surface area contributed by atoms with Crippen molar-refractivity contribution in [2.45, 2.75) is 106 Å². The fraction of sp³-hybridized carbons (Fsp3) is 0.730. The Kier molecular flexibility index (Phi) is 92.7. The molecule has 0 radical (unpaired) electrons. The highest BCUT2D eigenvalue weighted by molar-refractivity contribution is 5.77. The molecule has 0 saturated carbocycles. The van der Waals surface area contributed by atoms with E-state index in [4.69, 9.17) is 30.0 Å². The highest BCUT2D eigenvalue weighted by Gasteiger charge is 2.13. The van der Waals surface area contributed by atoms with Crippen LogP contribution in [0.2, 0.25) is 0 Å². The second-order valence-electron chi connectivity index (χ2n) is 9.45. The topological polar surface area (TPSA) is 177 Å². The van der Waals surface area contributed by atoms with Crippen LogP contribution in [0, 0.1) is 37.5 Å². The summed E-state index contributed by atoms with van der Waals surface area (Å²) in [5, 5.41) is 34.7. The summed E-state index contributed by atoms with van der Waals surface area (Å²) < 4.78 is 4.51. The van der Waals surface area contributed by atoms with E-state index in [0.717, 1.165) is 44.7 Å². The van der Waals surface area contributed by atoms with Gasteiger partial charge in [-0.1, -0.05) is 34.1 Å². The Labute approximate surface area is 301 Å². The van der Waals surface area contributed by atoms with Crippen molar-refractivity contribution >= 4 is 25.5 Å². The Morgan fingerprint density at radius 3 is 1.29 bits per heavy atom. The normalized spacial score (nSPS) is 14.1. The van der Waals surface area contributed by atoms with E-state index in [1.54, 1.807) is 0 Å². The average Bonchev–Trinajstić information content (AvgIpc) is 3.95. The lowest BCUT2D eigenvalue weighted by Gasteiger charge is -2.18. The smallest absolute Gasteiger partial charge is 0.305 e. The zero-order valence-corrected chi connectivity index (χ0v) is 28.7. The highest BCUT2D eigenvalue weighted by atomic mass is 16.5. The fourth-order valence-electron chi connectivity index (χ4n) is 3.51. The van der Waals surface area contributed by atoms with Crippen molar-refractivity contribution in [2.24, 2.45) is 0 Å². The van der Waals surface area contributed by atoms with Gasteiger partial charge in [0.1, 0.15) is 26.8 Å². The molecule has 0 spiro atoms. The molecular weight excluding hydrogens is 630 g/mol. The average molecular weight is 706 g/mol. The van der Waals surface area contributed by atoms with Crippen LogP contribution in [0.3, 0.4) is 0 Å². The van der Waals surface area contributed by atoms with Crippen molar-refractivity contribution in [3.63, 3.8) is 0 Å². The third kappa shape index (κ3) is 67.7. The van der Waals surface area contributed by atoms with Crippen LogP contribution in [-0.4, -0.2) is 135 Å². The van der Waals surface area contributed by atoms with E-state index in [1.165, 1.54) is 51.9 Å². The van der Waals surface area contributed by atoms with Gasteiger partial charge in [0, 0.05) is 38.6 Å². The summed E-state index contributed by atoms with van der Waals surface area (Å²) in [4.78, 5) is 41.0. The molecule has 4 heterocycles. The molecule has 0 aromatic rings. The first-order valence-corrected chi connectivity index (χ1v) is 15.3. The second-order valence-corrected chi connectivity index (χ2v) is 9.45. The van der Waals surface area contributed by atoms with Gasteiger partial charge in [0.2, 0.25) is 5.91 Å². The molecule has 0 aromatic heterocycles. The van der Waals surface area contributed by atoms with Gasteiger partial charge in [0.25, 0.3) is 0 Å². The van der Waals surface area contributed by atoms with Crippen molar-refractivity contribution in [1.82, 2.24) is 15.1 Å². The minimum Gasteiger partial charge on any atom is -0.466 e. The van der Waals surface area contributed by atoms with E-state index in [-0.39, 0.29) is 60.6 Å². The lowest BCUT2D eigenvalue weighted by Crippen LogP contribution is -2.26. The Morgan fingerprint density at radius 2 is 1.14 bits per heavy atom. The number of nitrogens with one attached hydrogen (secondary N) is 1. The molecule has 4 aliphatic rings. The summed E-state index contributed by atoms with van der Waals surface area (Å²) in [6, 6.07) is 0.775. The number of hydrogen-bond acceptors (Lipinski definition) is 11. The molecular formula is C37H75N3O9. The van der Waals surface area contributed by atoms with Gasteiger partial charge in [-0.25, -0.2) is 0 Å². The van der Waals surface area contributed by atoms with Crippen LogP contribution >= 0.6 is 0 Å². The Hall–Kier alpha value is -3.28. The molecule has 0 aromatic carbocycles. The predicted molar refractivity (Wildman–Crippen MR) is 205 cm³/mol. The van der Waals surface area contributed by atoms with Crippen molar-refractivity contribution in [2.75, 3.05) is 72.8 Å². The van der Waals surface area contributed by atoms with E-state index in [2.05, 4.69) is 78.3 Å². The first kappa shape index (κ1) is 67.8. The van der Waals surface area contributed by atoms with Crippen LogP contribution in [0.1, 0.15) is 100 Å². The van der Waals surface area contributed by atoms with Gasteiger partial charge < -0.3 is 49.9 Å². The molecule has 0 unspecified atom stereocenters. The van der Waals surface area contributed by atoms with Crippen molar-refractivity contribution < 1.29 is 44.3 Å². The quantitative estimate of drug-likeness (QED) is 0.165. The number of carbonyl (C=O) groups excluding carboxylic acids is 4. The molecule has 4 saturated heterocycles. The van der Waals surface area contributed by atoms with Crippen molar-refractivity contribution in [3.8, 4) is 37.5 Å². The van der Waals surface area contributed by atoms with Gasteiger partial charge in [-0.05, 0) is 98.4 Å². The monoisotopic (exact) mass is 706 g/mol. The third-order valence-corrected chi connectivity index (χ3v) is 5.74. The van der Waals surface area contributed by atoms with E-state index >= 15 is 0 Å². The molecule has 12 heteroatoms. The molecule has 0 atom stereocenters. The highest BCUT2D eigenvalue weighted by Crippen LogP contribution is 2.10. The minimum atomic E-state index is -0.166. The molecule has 5 N–H and O–H groups in total. The number of hydrogen-bond donors (Lipinski definition) is 5. The van der Waals surface area contributed by atoms with Gasteiger partial charge in [-0.2, -0.15) is 0 Å². The van der Waals surface area contributed by atoms with Gasteiger partial charge in [0.15, 0.2) is 0 Å². The number of unbranched alkanes of at least 4 members (excludes halogenated alkanes) is 1. The summed E-state index contributed by atoms with van der Waals surface area (Å²) in [6.45, 7) is 15.4. The zero-order valence-electron chi connectivity index (χ0n) is 28.7. The van der Waals surface area contributed by atoms with E-state index in [0.29, 0.717) is 13.0 Å². The van der Waals surface area contributed by atoms with Crippen molar-refractivity contribution in [3.05, 3.63) is 0 Å². The number of terminal acetylenes is 2. The van der Waals surface area contributed by atoms with Gasteiger partial charge in [0.05, 0.1) is 6.61 Å². The molecule has 4 rings (SSSR count). The number of amides is 1. The second kappa shape index (κ2) is 67.0. The summed E-state index contributed by atoms with van der Waals surface area (Å²) in [5.41, 5.74) is 0. The fourth-order valence-corrected chi connectivity index (χ4v) is 3.51. The maximum Gasteiger partial charge on any atom is 0.305 e. The van der Waals surface area contributed by atoms with Crippen LogP contribution in [0.5, 0.6) is 0 Å². The maximum absolute atomic E-state index is 10.1. The Balaban J connectivity index is -0.0000000532. The summed E-state index contributed by atoms with van der Waals surface area (Å²) in [5.74, 6) is 4.66. The van der Waals surface area contributed by atoms with E-state index in [9.17, 15) is 9.59 Å². The number of cyclic esters (lactones) is 1. The first-order chi connectivity index (χ1) is 22.3. The number of aliphatic hydroxyl groups is 4. The van der Waals surface area contributed by atoms with Crippen LogP contribution in [0.4, 0.5) is 0 Å². The zero-order chi connectivity index (χ0) is 36.9. The number of nitrogens with zero attached hydrogens (tertiary/aromatic N) is 2. The van der Waals surface area contributed by atoms with Gasteiger partial charge in [-0.3, -0.25) is 9.59 Å². The predicted octanol–water partition coefficient (Wildman–Crippen LogP) is 3.19. The minimum absolute atomic E-state index is 0. The first-order valence-electron chi connectivity index (χ1n) is 15.3. The number of likely N-dealkylation sites (tertiary alicyclic amines) is 2. The molecule has 49 heavy (non-hydrogen) atoms. The molecule has 4 fully saturated rings. The molecule has 292 valence electrons. The van der Waals surface area contributed by atoms with Crippen LogP contribution in [0.25, 0.3) is 0 Å². The number of rotatable bonds is 4. The summed E-state index contributed by atoms with van der Waals surface area (Å²) in [7, 11) is 2.17. The lowest BCUT2D eigenvalue weighted by molar-refractivity contribution is -0.138. The standard InChI is InChI=1S/C7H15N.C5H11N.C4H7NO.C4H6O2.C4H10O2.C4H6O2.2C2H2.2CH2O.3CH4/c1-7(2)8-5-3-4-6-8;1-6-4-2-3-5-6;6-4-2-1-3-5-4;5-4-2-1-3-6-4;2*5-3-1-2-4-6;4*1-2;;;/h7H,3-6H2,1-2H3;2-5H2,1H3;1-3H2,(H,5,6);1-3H2;5-6H,1-4H2;5-6H,3-4H2;2*1-2H;2*1H2;3*1H4. The lowest BCUT2D eigenvalue weighted by atomic mass is 10.3. The van der Waals surface area contributed by atoms with Crippen LogP contribution < -0.4 is 5.32 Å². The Morgan fingerprint density at radius 1 is 0.735 bits per heavy atom. The maximum atomic E-state index is 10.1. The number of carbonyl (C=O) groups is 4. The summed E-state index contributed by atoms with van der Waals surface area (Å²) in [6.07, 6.45) is 26.4. The van der Waals surface area contributed by atoms with Crippen LogP contribution in [-0.2, 0) is 23.9 Å². The van der Waals surface area contributed by atoms with Gasteiger partial charge >= 0.3 is 5.97 Å². The molecule has 0 bridgehead atoms. The number of aliphatic hydroxyl groups excluding tert-OH is 4. The SMILES string of the molecule is C.C.C.C#C.C#C.C=O.C=O.CC(C)N1CCCC1.CN1CCCC1.O=C1CCCN1.O=C1CCCO1.OCC#CCO.OCCCCO. The molecule has 0 aliphatic carbocycles. The molecule has 4 aliphatic heterocycles. The van der Waals surface area contributed by atoms with E-state index < -0.39 is 0 Å². The molecule has 12 nitrogen and oxygen atoms in total. The Bertz CT molecular complexity index is 656. The number of ether oxygens (including phenoxy) is 1. The number of esters is 1. The largest absolute Gasteiger partial charge is 0.466 e. The van der Waals surface area contributed by atoms with E-state index in [1.807, 2.05) is 13.6 Å². The van der Waals surface area contributed by atoms with Gasteiger partial charge in [-0.15, -0.1) is 25.7 Å². The third-order valence-electron chi connectivity index (χ3n) is 5.74. The van der Waals surface area contributed by atoms with Crippen molar-refractivity contribution in [1.29, 1.82) is 0 Å². The molecule has 1 amide bonds.